The zero-order chi connectivity index (χ0) is 19.1. The summed E-state index contributed by atoms with van der Waals surface area (Å²) >= 11 is 0. The molecular weight excluding hydrogens is 352 g/mol. The molecule has 2 atom stereocenters. The summed E-state index contributed by atoms with van der Waals surface area (Å²) in [5, 5.41) is 22.7. The maximum Gasteiger partial charge on any atom is 0.185 e. The van der Waals surface area contributed by atoms with Gasteiger partial charge < -0.3 is 15.0 Å². The third-order valence-electron chi connectivity index (χ3n) is 5.68. The van der Waals surface area contributed by atoms with Gasteiger partial charge in [0.15, 0.2) is 5.82 Å². The highest BCUT2D eigenvalue weighted by atomic mass is 16.3. The minimum Gasteiger partial charge on any atom is -0.507 e. The fourth-order valence-corrected chi connectivity index (χ4v) is 4.39. The smallest absolute Gasteiger partial charge is 0.185 e. The van der Waals surface area contributed by atoms with Crippen molar-refractivity contribution in [3.63, 3.8) is 0 Å². The highest BCUT2D eigenvalue weighted by Crippen LogP contribution is 2.38. The van der Waals surface area contributed by atoms with E-state index in [1.165, 1.54) is 18.4 Å². The van der Waals surface area contributed by atoms with Crippen molar-refractivity contribution in [3.05, 3.63) is 54.4 Å². The molecule has 142 valence electrons. The van der Waals surface area contributed by atoms with Crippen LogP contribution in [0.25, 0.3) is 23.2 Å². The zero-order valence-corrected chi connectivity index (χ0v) is 15.7. The van der Waals surface area contributed by atoms with Crippen LogP contribution in [-0.2, 0) is 0 Å². The summed E-state index contributed by atoms with van der Waals surface area (Å²) in [6, 6.07) is 5.94. The molecule has 2 aliphatic heterocycles. The molecule has 2 aliphatic rings. The van der Waals surface area contributed by atoms with Crippen molar-refractivity contribution in [2.24, 2.45) is 0 Å². The highest BCUT2D eigenvalue weighted by Gasteiger charge is 2.39. The van der Waals surface area contributed by atoms with E-state index in [4.69, 9.17) is 0 Å². The van der Waals surface area contributed by atoms with Crippen molar-refractivity contribution in [1.82, 2.24) is 30.0 Å². The van der Waals surface area contributed by atoms with E-state index in [2.05, 4.69) is 38.5 Å². The summed E-state index contributed by atoms with van der Waals surface area (Å²) in [7, 11) is 0. The maximum absolute atomic E-state index is 10.4. The van der Waals surface area contributed by atoms with Gasteiger partial charge in [-0.05, 0) is 50.8 Å². The fraction of sp³-hybridized carbons (Fsp3) is 0.333. The summed E-state index contributed by atoms with van der Waals surface area (Å²) in [6.07, 6.45) is 13.6. The highest BCUT2D eigenvalue weighted by molar-refractivity contribution is 5.66. The molecule has 7 heteroatoms. The zero-order valence-electron chi connectivity index (χ0n) is 15.7. The van der Waals surface area contributed by atoms with Crippen LogP contribution in [0.15, 0.2) is 48.7 Å². The van der Waals surface area contributed by atoms with Gasteiger partial charge in [0, 0.05) is 30.0 Å². The standard InChI is InChI=1S/C21H22N6O/c1-21-5-4-15(24-21)8-14(11-21)9-16-12-23-20(26-25-16)18-3-2-17(10-19(18)28)27-7-6-22-13-27/h2-3,6-7,9-10,12-13,15,24,28H,4-5,8,11H2,1H3/b14-9+/t15-,21+/m1/s1. The van der Waals surface area contributed by atoms with Crippen LogP contribution in [0.1, 0.15) is 38.3 Å². The van der Waals surface area contributed by atoms with Crippen LogP contribution in [0.2, 0.25) is 0 Å². The van der Waals surface area contributed by atoms with Crippen LogP contribution in [0.4, 0.5) is 0 Å². The second kappa shape index (κ2) is 6.53. The minimum atomic E-state index is 0.113. The first-order chi connectivity index (χ1) is 13.6. The van der Waals surface area contributed by atoms with Crippen molar-refractivity contribution in [2.75, 3.05) is 0 Å². The number of hydrogen-bond acceptors (Lipinski definition) is 6. The predicted octanol–water partition coefficient (Wildman–Crippen LogP) is 3.12. The lowest BCUT2D eigenvalue weighted by Gasteiger charge is -2.32. The van der Waals surface area contributed by atoms with Gasteiger partial charge in [-0.15, -0.1) is 10.2 Å². The van der Waals surface area contributed by atoms with Gasteiger partial charge in [-0.1, -0.05) is 5.57 Å². The van der Waals surface area contributed by atoms with E-state index in [1.807, 2.05) is 16.8 Å². The van der Waals surface area contributed by atoms with E-state index in [0.717, 1.165) is 24.2 Å². The first kappa shape index (κ1) is 17.1. The molecule has 0 saturated carbocycles. The van der Waals surface area contributed by atoms with Crippen LogP contribution in [-0.4, -0.2) is 41.4 Å². The number of aromatic nitrogens is 5. The number of piperidine rings is 1. The number of aromatic hydroxyl groups is 1. The molecule has 0 amide bonds. The monoisotopic (exact) mass is 374 g/mol. The molecule has 0 spiro atoms. The summed E-state index contributed by atoms with van der Waals surface area (Å²) in [5.41, 5.74) is 3.77. The molecule has 3 aromatic rings. The van der Waals surface area contributed by atoms with Gasteiger partial charge in [0.25, 0.3) is 0 Å². The third kappa shape index (κ3) is 3.18. The Bertz CT molecular complexity index is 1030. The van der Waals surface area contributed by atoms with E-state index in [1.54, 1.807) is 30.9 Å². The Kier molecular flexibility index (Phi) is 3.98. The second-order valence-corrected chi connectivity index (χ2v) is 8.00. The van der Waals surface area contributed by atoms with E-state index in [0.29, 0.717) is 17.4 Å². The van der Waals surface area contributed by atoms with E-state index in [9.17, 15) is 5.11 Å². The second-order valence-electron chi connectivity index (χ2n) is 8.00. The lowest BCUT2D eigenvalue weighted by atomic mass is 9.88. The van der Waals surface area contributed by atoms with Gasteiger partial charge in [-0.25, -0.2) is 9.97 Å². The predicted molar refractivity (Wildman–Crippen MR) is 106 cm³/mol. The molecule has 2 bridgehead atoms. The molecule has 0 unspecified atom stereocenters. The third-order valence-corrected chi connectivity index (χ3v) is 5.68. The number of hydrogen-bond donors (Lipinski definition) is 2. The first-order valence-electron chi connectivity index (χ1n) is 9.57. The molecule has 5 rings (SSSR count). The molecule has 7 nitrogen and oxygen atoms in total. The van der Waals surface area contributed by atoms with Gasteiger partial charge in [0.05, 0.1) is 23.8 Å². The van der Waals surface area contributed by atoms with Crippen molar-refractivity contribution in [3.8, 4) is 22.8 Å². The Morgan fingerprint density at radius 1 is 1.32 bits per heavy atom. The van der Waals surface area contributed by atoms with Gasteiger partial charge in [-0.2, -0.15) is 0 Å². The number of rotatable bonds is 3. The Hall–Kier alpha value is -3.06. The molecule has 1 aromatic carbocycles. The van der Waals surface area contributed by atoms with Crippen molar-refractivity contribution in [2.45, 2.75) is 44.2 Å². The van der Waals surface area contributed by atoms with E-state index >= 15 is 0 Å². The van der Waals surface area contributed by atoms with E-state index in [-0.39, 0.29) is 11.3 Å². The fourth-order valence-electron chi connectivity index (χ4n) is 4.39. The number of phenols is 1. The Morgan fingerprint density at radius 3 is 2.96 bits per heavy atom. The minimum absolute atomic E-state index is 0.113. The molecule has 0 aliphatic carbocycles. The summed E-state index contributed by atoms with van der Waals surface area (Å²) < 4.78 is 1.82. The molecule has 2 N–H and O–H groups in total. The average molecular weight is 374 g/mol. The summed E-state index contributed by atoms with van der Waals surface area (Å²) in [5.74, 6) is 0.524. The quantitative estimate of drug-likeness (QED) is 0.732. The molecule has 2 aromatic heterocycles. The van der Waals surface area contributed by atoms with Crippen LogP contribution < -0.4 is 5.32 Å². The normalized spacial score (nSPS) is 25.3. The Labute approximate surface area is 163 Å². The number of imidazole rings is 1. The molecule has 28 heavy (non-hydrogen) atoms. The number of nitrogens with one attached hydrogen (secondary N) is 1. The maximum atomic E-state index is 10.4. The number of phenolic OH excluding ortho intramolecular Hbond substituents is 1. The topological polar surface area (TPSA) is 88.8 Å². The van der Waals surface area contributed by atoms with Crippen molar-refractivity contribution in [1.29, 1.82) is 0 Å². The van der Waals surface area contributed by atoms with Crippen molar-refractivity contribution < 1.29 is 5.11 Å². The molecular formula is C21H22N6O. The number of nitrogens with zero attached hydrogens (tertiary/aromatic N) is 5. The van der Waals surface area contributed by atoms with Gasteiger partial charge >= 0.3 is 0 Å². The SMILES string of the molecule is C[C@]12CC[C@H](C/C(=C\c3cnc(-c4ccc(-n5ccnc5)cc4O)nn3)C1)N2. The molecule has 2 fully saturated rings. The molecule has 4 heterocycles. The van der Waals surface area contributed by atoms with Crippen LogP contribution in [0.3, 0.4) is 0 Å². The van der Waals surface area contributed by atoms with Crippen LogP contribution in [0.5, 0.6) is 5.75 Å². The van der Waals surface area contributed by atoms with Gasteiger partial charge in [0.2, 0.25) is 0 Å². The Morgan fingerprint density at radius 2 is 2.25 bits per heavy atom. The molecule has 0 radical (unpaired) electrons. The number of fused-ring (bicyclic) bond motifs is 2. The number of benzene rings is 1. The average Bonchev–Trinajstić information content (AvgIpc) is 3.30. The summed E-state index contributed by atoms with van der Waals surface area (Å²) in [4.78, 5) is 8.45. The first-order valence-corrected chi connectivity index (χ1v) is 9.57. The molecule has 2 saturated heterocycles. The van der Waals surface area contributed by atoms with Crippen LogP contribution >= 0.6 is 0 Å². The van der Waals surface area contributed by atoms with Gasteiger partial charge in [0.1, 0.15) is 11.4 Å². The van der Waals surface area contributed by atoms with Crippen molar-refractivity contribution >= 4 is 6.08 Å². The largest absolute Gasteiger partial charge is 0.507 e. The Balaban J connectivity index is 1.38. The van der Waals surface area contributed by atoms with Gasteiger partial charge in [-0.3, -0.25) is 0 Å². The lowest BCUT2D eigenvalue weighted by Crippen LogP contribution is -2.44. The summed E-state index contributed by atoms with van der Waals surface area (Å²) in [6.45, 7) is 2.29. The lowest BCUT2D eigenvalue weighted by molar-refractivity contribution is 0.351. The van der Waals surface area contributed by atoms with Crippen LogP contribution in [0, 0.1) is 0 Å². The van der Waals surface area contributed by atoms with E-state index < -0.39 is 0 Å².